The Morgan fingerprint density at radius 1 is 1.10 bits per heavy atom. The molecule has 0 aromatic heterocycles. The van der Waals surface area contributed by atoms with Crippen molar-refractivity contribution in [1.82, 2.24) is 10.2 Å². The van der Waals surface area contributed by atoms with Gasteiger partial charge in [0.2, 0.25) is 0 Å². The lowest BCUT2D eigenvalue weighted by Gasteiger charge is -2.31. The summed E-state index contributed by atoms with van der Waals surface area (Å²) in [6.07, 6.45) is 2.84. The maximum absolute atomic E-state index is 13.4. The van der Waals surface area contributed by atoms with Crippen molar-refractivity contribution in [3.63, 3.8) is 0 Å². The summed E-state index contributed by atoms with van der Waals surface area (Å²) in [5, 5.41) is 3.46. The molecule has 2 aliphatic rings. The fraction of sp³-hybridized carbons (Fsp3) is 0.435. The highest BCUT2D eigenvalue weighted by atomic mass is 19.2. The molecule has 1 saturated heterocycles. The largest absolute Gasteiger partial charge is 0.339 e. The standard InChI is InChI=1S/C23H27F2N3O/c24-20-5-4-17(11-21(20)25)19-12-22(19)27-14-16-2-1-3-18(10-16)23(29)28-8-6-15(13-26)7-9-28/h1-5,10-11,15,19,22,27H,6-9,12-14,26H2/t19-,22+/m0/s1. The highest BCUT2D eigenvalue weighted by Crippen LogP contribution is 2.41. The Bertz CT molecular complexity index is 880. The first-order valence-electron chi connectivity index (χ1n) is 10.3. The lowest BCUT2D eigenvalue weighted by Crippen LogP contribution is -2.40. The zero-order valence-electron chi connectivity index (χ0n) is 16.4. The highest BCUT2D eigenvalue weighted by molar-refractivity contribution is 5.94. The molecule has 0 spiro atoms. The van der Waals surface area contributed by atoms with Gasteiger partial charge in [0.15, 0.2) is 11.6 Å². The van der Waals surface area contributed by atoms with Crippen molar-refractivity contribution < 1.29 is 13.6 Å². The number of piperidine rings is 1. The predicted molar refractivity (Wildman–Crippen MR) is 108 cm³/mol. The smallest absolute Gasteiger partial charge is 0.253 e. The molecule has 2 atom stereocenters. The van der Waals surface area contributed by atoms with E-state index in [0.29, 0.717) is 24.6 Å². The normalized spacial score (nSPS) is 22.0. The van der Waals surface area contributed by atoms with Gasteiger partial charge in [-0.15, -0.1) is 0 Å². The summed E-state index contributed by atoms with van der Waals surface area (Å²) in [7, 11) is 0. The Balaban J connectivity index is 1.31. The van der Waals surface area contributed by atoms with Crippen LogP contribution in [0.1, 0.15) is 46.7 Å². The third-order valence-corrected chi connectivity index (χ3v) is 6.14. The lowest BCUT2D eigenvalue weighted by atomic mass is 9.96. The second-order valence-corrected chi connectivity index (χ2v) is 8.17. The van der Waals surface area contributed by atoms with E-state index in [2.05, 4.69) is 5.32 Å². The Morgan fingerprint density at radius 3 is 2.62 bits per heavy atom. The van der Waals surface area contributed by atoms with Gasteiger partial charge < -0.3 is 16.0 Å². The first-order chi connectivity index (χ1) is 14.0. The predicted octanol–water partition coefficient (Wildman–Crippen LogP) is 3.42. The van der Waals surface area contributed by atoms with Crippen molar-refractivity contribution in [3.05, 3.63) is 70.8 Å². The first kappa shape index (κ1) is 20.0. The number of nitrogens with zero attached hydrogens (tertiary/aromatic N) is 1. The molecular weight excluding hydrogens is 372 g/mol. The number of nitrogens with two attached hydrogens (primary N) is 1. The van der Waals surface area contributed by atoms with E-state index in [-0.39, 0.29) is 17.9 Å². The third-order valence-electron chi connectivity index (χ3n) is 6.14. The molecule has 0 bridgehead atoms. The van der Waals surface area contributed by atoms with Gasteiger partial charge in [0.25, 0.3) is 5.91 Å². The number of likely N-dealkylation sites (tertiary alicyclic amines) is 1. The SMILES string of the molecule is NCC1CCN(C(=O)c2cccc(CN[C@@H]3C[C@H]3c3ccc(F)c(F)c3)c2)CC1. The van der Waals surface area contributed by atoms with E-state index in [1.54, 1.807) is 6.07 Å². The first-order valence-corrected chi connectivity index (χ1v) is 10.3. The summed E-state index contributed by atoms with van der Waals surface area (Å²) in [6, 6.07) is 12.1. The number of nitrogens with one attached hydrogen (secondary N) is 1. The number of hydrogen-bond donors (Lipinski definition) is 2. The molecule has 0 radical (unpaired) electrons. The van der Waals surface area contributed by atoms with Crippen LogP contribution in [0.5, 0.6) is 0 Å². The van der Waals surface area contributed by atoms with Gasteiger partial charge in [0, 0.05) is 37.2 Å². The van der Waals surface area contributed by atoms with Crippen LogP contribution in [-0.4, -0.2) is 36.5 Å². The van der Waals surface area contributed by atoms with E-state index >= 15 is 0 Å². The second-order valence-electron chi connectivity index (χ2n) is 8.17. The molecule has 4 rings (SSSR count). The van der Waals surface area contributed by atoms with E-state index in [1.807, 2.05) is 29.2 Å². The zero-order valence-corrected chi connectivity index (χ0v) is 16.4. The zero-order chi connectivity index (χ0) is 20.4. The maximum Gasteiger partial charge on any atom is 0.253 e. The molecular formula is C23H27F2N3O. The molecule has 2 fully saturated rings. The summed E-state index contributed by atoms with van der Waals surface area (Å²) in [4.78, 5) is 14.7. The van der Waals surface area contributed by atoms with E-state index in [9.17, 15) is 13.6 Å². The molecule has 1 amide bonds. The van der Waals surface area contributed by atoms with Gasteiger partial charge in [-0.3, -0.25) is 4.79 Å². The van der Waals surface area contributed by atoms with Crippen molar-refractivity contribution >= 4 is 5.91 Å². The van der Waals surface area contributed by atoms with Crippen LogP contribution >= 0.6 is 0 Å². The minimum absolute atomic E-state index is 0.0772. The molecule has 4 nitrogen and oxygen atoms in total. The van der Waals surface area contributed by atoms with Gasteiger partial charge in [-0.05, 0) is 67.1 Å². The van der Waals surface area contributed by atoms with Crippen LogP contribution in [0.2, 0.25) is 0 Å². The van der Waals surface area contributed by atoms with Crippen molar-refractivity contribution in [2.75, 3.05) is 19.6 Å². The maximum atomic E-state index is 13.4. The number of amides is 1. The van der Waals surface area contributed by atoms with E-state index in [1.165, 1.54) is 12.1 Å². The quantitative estimate of drug-likeness (QED) is 0.783. The Morgan fingerprint density at radius 2 is 1.90 bits per heavy atom. The third kappa shape index (κ3) is 4.65. The number of hydrogen-bond acceptors (Lipinski definition) is 3. The number of rotatable bonds is 6. The van der Waals surface area contributed by atoms with Crippen LogP contribution < -0.4 is 11.1 Å². The highest BCUT2D eigenvalue weighted by Gasteiger charge is 2.38. The van der Waals surface area contributed by atoms with Gasteiger partial charge in [0.05, 0.1) is 0 Å². The van der Waals surface area contributed by atoms with Gasteiger partial charge >= 0.3 is 0 Å². The Hall–Kier alpha value is -2.31. The van der Waals surface area contributed by atoms with Crippen LogP contribution in [0.15, 0.2) is 42.5 Å². The summed E-state index contributed by atoms with van der Waals surface area (Å²) in [5.74, 6) is -0.801. The summed E-state index contributed by atoms with van der Waals surface area (Å²) < 4.78 is 26.5. The molecule has 154 valence electrons. The topological polar surface area (TPSA) is 58.4 Å². The molecule has 1 heterocycles. The Kier molecular flexibility index (Phi) is 5.92. The van der Waals surface area contributed by atoms with Gasteiger partial charge in [-0.25, -0.2) is 8.78 Å². The number of halogens is 2. The molecule has 29 heavy (non-hydrogen) atoms. The minimum Gasteiger partial charge on any atom is -0.339 e. The fourth-order valence-corrected chi connectivity index (χ4v) is 4.15. The number of carbonyl (C=O) groups excluding carboxylic acids is 1. The molecule has 1 aliphatic heterocycles. The molecule has 1 saturated carbocycles. The van der Waals surface area contributed by atoms with Crippen molar-refractivity contribution in [1.29, 1.82) is 0 Å². The van der Waals surface area contributed by atoms with Gasteiger partial charge in [0.1, 0.15) is 0 Å². The molecule has 0 unspecified atom stereocenters. The average molecular weight is 399 g/mol. The summed E-state index contributed by atoms with van der Waals surface area (Å²) >= 11 is 0. The molecule has 6 heteroatoms. The van der Waals surface area contributed by atoms with Crippen LogP contribution in [0.25, 0.3) is 0 Å². The van der Waals surface area contributed by atoms with Crippen LogP contribution in [0.3, 0.4) is 0 Å². The molecule has 2 aromatic carbocycles. The minimum atomic E-state index is -0.812. The lowest BCUT2D eigenvalue weighted by molar-refractivity contribution is 0.0693. The molecule has 1 aliphatic carbocycles. The van der Waals surface area contributed by atoms with Gasteiger partial charge in [-0.1, -0.05) is 18.2 Å². The van der Waals surface area contributed by atoms with E-state index < -0.39 is 11.6 Å². The van der Waals surface area contributed by atoms with Crippen molar-refractivity contribution in [2.45, 2.75) is 37.8 Å². The van der Waals surface area contributed by atoms with E-state index in [4.69, 9.17) is 5.73 Å². The van der Waals surface area contributed by atoms with Crippen LogP contribution in [0.4, 0.5) is 8.78 Å². The average Bonchev–Trinajstić information content (AvgIpc) is 3.54. The fourth-order valence-electron chi connectivity index (χ4n) is 4.15. The number of benzene rings is 2. The van der Waals surface area contributed by atoms with Crippen LogP contribution in [-0.2, 0) is 6.54 Å². The monoisotopic (exact) mass is 399 g/mol. The summed E-state index contributed by atoms with van der Waals surface area (Å²) in [6.45, 7) is 2.86. The summed E-state index contributed by atoms with van der Waals surface area (Å²) in [5.41, 5.74) is 8.32. The number of carbonyl (C=O) groups is 1. The van der Waals surface area contributed by atoms with Crippen LogP contribution in [0, 0.1) is 17.6 Å². The van der Waals surface area contributed by atoms with Crippen molar-refractivity contribution in [3.8, 4) is 0 Å². The van der Waals surface area contributed by atoms with Gasteiger partial charge in [-0.2, -0.15) is 0 Å². The second kappa shape index (κ2) is 8.59. The molecule has 2 aromatic rings. The van der Waals surface area contributed by atoms with E-state index in [0.717, 1.165) is 43.5 Å². The Labute approximate surface area is 170 Å². The van der Waals surface area contributed by atoms with Crippen molar-refractivity contribution in [2.24, 2.45) is 11.7 Å². The molecule has 3 N–H and O–H groups in total.